The van der Waals surface area contributed by atoms with Gasteiger partial charge in [-0.15, -0.1) is 0 Å². The average molecular weight is 421 g/mol. The predicted molar refractivity (Wildman–Crippen MR) is 117 cm³/mol. The fourth-order valence-electron chi connectivity index (χ4n) is 3.90. The van der Waals surface area contributed by atoms with Crippen molar-refractivity contribution in [3.8, 4) is 0 Å². The maximum absolute atomic E-state index is 13.0. The number of rotatable bonds is 4. The maximum atomic E-state index is 13.0. The van der Waals surface area contributed by atoms with Crippen molar-refractivity contribution in [2.24, 2.45) is 10.8 Å². The number of amidine groups is 1. The molecule has 0 saturated heterocycles. The first-order valence-corrected chi connectivity index (χ1v) is 10.2. The number of hydrazone groups is 1. The van der Waals surface area contributed by atoms with E-state index in [0.29, 0.717) is 35.4 Å². The van der Waals surface area contributed by atoms with Crippen molar-refractivity contribution in [2.45, 2.75) is 37.8 Å². The van der Waals surface area contributed by atoms with Gasteiger partial charge in [0.05, 0.1) is 17.7 Å². The van der Waals surface area contributed by atoms with Crippen LogP contribution >= 0.6 is 0 Å². The molecule has 1 fully saturated rings. The number of carbonyl (C=O) groups is 1. The van der Waals surface area contributed by atoms with Crippen molar-refractivity contribution in [3.05, 3.63) is 77.2 Å². The number of halogens is 1. The summed E-state index contributed by atoms with van der Waals surface area (Å²) in [5.74, 6) is -0.473. The molecule has 0 radical (unpaired) electrons. The first-order chi connectivity index (χ1) is 15.0. The number of nitrogens with zero attached hydrogens (tertiary/aromatic N) is 2. The fourth-order valence-corrected chi connectivity index (χ4v) is 3.90. The lowest BCUT2D eigenvalue weighted by atomic mass is 9.92. The van der Waals surface area contributed by atoms with E-state index in [0.717, 1.165) is 18.4 Å². The van der Waals surface area contributed by atoms with E-state index in [9.17, 15) is 14.3 Å². The van der Waals surface area contributed by atoms with Crippen LogP contribution in [-0.4, -0.2) is 39.7 Å². The molecule has 0 spiro atoms. The summed E-state index contributed by atoms with van der Waals surface area (Å²) in [7, 11) is 0. The Balaban J connectivity index is 1.50. The highest BCUT2D eigenvalue weighted by atomic mass is 19.1. The first-order valence-electron chi connectivity index (χ1n) is 10.2. The van der Waals surface area contributed by atoms with Gasteiger partial charge in [0.1, 0.15) is 11.5 Å². The van der Waals surface area contributed by atoms with Crippen molar-refractivity contribution in [1.29, 1.82) is 5.41 Å². The normalized spacial score (nSPS) is 22.5. The van der Waals surface area contributed by atoms with Gasteiger partial charge in [0, 0.05) is 23.0 Å². The molecule has 1 saturated carbocycles. The van der Waals surface area contributed by atoms with Gasteiger partial charge in [0.2, 0.25) is 0 Å². The Bertz CT molecular complexity index is 1040. The molecule has 1 aliphatic heterocycles. The van der Waals surface area contributed by atoms with Gasteiger partial charge in [-0.25, -0.2) is 9.40 Å². The summed E-state index contributed by atoms with van der Waals surface area (Å²) < 4.78 is 13.0. The molecule has 0 aromatic heterocycles. The number of benzene rings is 2. The molecule has 7 nitrogen and oxygen atoms in total. The zero-order valence-electron chi connectivity index (χ0n) is 16.9. The van der Waals surface area contributed by atoms with Crippen LogP contribution in [0.5, 0.6) is 0 Å². The molecule has 1 amide bonds. The highest BCUT2D eigenvalue weighted by molar-refractivity contribution is 6.31. The van der Waals surface area contributed by atoms with E-state index >= 15 is 0 Å². The van der Waals surface area contributed by atoms with E-state index in [1.54, 1.807) is 17.1 Å². The van der Waals surface area contributed by atoms with E-state index in [2.05, 4.69) is 10.4 Å². The van der Waals surface area contributed by atoms with Crippen LogP contribution in [0, 0.1) is 11.2 Å². The van der Waals surface area contributed by atoms with Crippen LogP contribution in [0.3, 0.4) is 0 Å². The van der Waals surface area contributed by atoms with Crippen LogP contribution in [0.4, 0.5) is 10.1 Å². The number of hydrogen-bond acceptors (Lipinski definition) is 5. The van der Waals surface area contributed by atoms with Crippen molar-refractivity contribution in [2.75, 3.05) is 5.32 Å². The second-order valence-electron chi connectivity index (χ2n) is 7.72. The SMILES string of the molecule is N=C1/C(=C\N)C(c2ccc(NC(=O)c3ccc(F)cc3)cc2)=NN1C1CCC(O)CC1. The van der Waals surface area contributed by atoms with Gasteiger partial charge >= 0.3 is 0 Å². The molecule has 0 unspecified atom stereocenters. The molecule has 160 valence electrons. The lowest BCUT2D eigenvalue weighted by Gasteiger charge is -2.31. The van der Waals surface area contributed by atoms with Gasteiger partial charge < -0.3 is 16.2 Å². The largest absolute Gasteiger partial charge is 0.404 e. The van der Waals surface area contributed by atoms with Gasteiger partial charge in [0.25, 0.3) is 5.91 Å². The Labute approximate surface area is 179 Å². The van der Waals surface area contributed by atoms with Crippen LogP contribution in [0.15, 0.2) is 65.4 Å². The summed E-state index contributed by atoms with van der Waals surface area (Å²) in [5.41, 5.74) is 8.68. The minimum atomic E-state index is -0.397. The molecule has 1 heterocycles. The Morgan fingerprint density at radius 3 is 2.39 bits per heavy atom. The molecular formula is C23H24FN5O2. The Kier molecular flexibility index (Phi) is 5.81. The Hall–Kier alpha value is -3.52. The second kappa shape index (κ2) is 8.69. The maximum Gasteiger partial charge on any atom is 0.255 e. The van der Waals surface area contributed by atoms with E-state index < -0.39 is 5.82 Å². The molecule has 5 N–H and O–H groups in total. The number of carbonyl (C=O) groups excluding carboxylic acids is 1. The quantitative estimate of drug-likeness (QED) is 0.607. The lowest BCUT2D eigenvalue weighted by molar-refractivity contribution is 0.0982. The summed E-state index contributed by atoms with van der Waals surface area (Å²) in [6, 6.07) is 12.5. The van der Waals surface area contributed by atoms with E-state index in [1.165, 1.54) is 30.5 Å². The van der Waals surface area contributed by atoms with Gasteiger partial charge in [-0.2, -0.15) is 5.10 Å². The first kappa shape index (κ1) is 20.7. The predicted octanol–water partition coefficient (Wildman–Crippen LogP) is 3.22. The van der Waals surface area contributed by atoms with Gasteiger partial charge in [-0.05, 0) is 62.1 Å². The van der Waals surface area contributed by atoms with E-state index in [-0.39, 0.29) is 23.9 Å². The van der Waals surface area contributed by atoms with Crippen LogP contribution in [0.25, 0.3) is 0 Å². The topological polar surface area (TPSA) is 115 Å². The standard InChI is InChI=1S/C23H24FN5O2/c24-16-5-1-15(2-6-16)23(31)27-17-7-3-14(4-8-17)21-20(13-25)22(26)29(28-21)18-9-11-19(30)12-10-18/h1-8,13,18-19,26,30H,9-12,25H2,(H,27,31)/b20-13-,26-22?. The van der Waals surface area contributed by atoms with Gasteiger partial charge in [-0.3, -0.25) is 10.2 Å². The molecule has 1 aliphatic carbocycles. The van der Waals surface area contributed by atoms with Gasteiger partial charge in [0.15, 0.2) is 5.84 Å². The molecule has 2 aromatic carbocycles. The van der Waals surface area contributed by atoms with Crippen molar-refractivity contribution >= 4 is 23.1 Å². The van der Waals surface area contributed by atoms with Crippen molar-refractivity contribution in [1.82, 2.24) is 5.01 Å². The highest BCUT2D eigenvalue weighted by Crippen LogP contribution is 2.30. The average Bonchev–Trinajstić information content (AvgIpc) is 3.11. The summed E-state index contributed by atoms with van der Waals surface area (Å²) in [5, 5.41) is 27.4. The molecule has 2 aromatic rings. The summed E-state index contributed by atoms with van der Waals surface area (Å²) in [4.78, 5) is 12.3. The zero-order chi connectivity index (χ0) is 22.0. The second-order valence-corrected chi connectivity index (χ2v) is 7.72. The Morgan fingerprint density at radius 2 is 1.77 bits per heavy atom. The van der Waals surface area contributed by atoms with E-state index in [1.807, 2.05) is 12.1 Å². The number of aliphatic hydroxyl groups is 1. The Morgan fingerprint density at radius 1 is 1.13 bits per heavy atom. The van der Waals surface area contributed by atoms with Crippen LogP contribution in [0.1, 0.15) is 41.6 Å². The molecule has 2 aliphatic rings. The lowest BCUT2D eigenvalue weighted by Crippen LogP contribution is -2.37. The number of aliphatic hydroxyl groups excluding tert-OH is 1. The third kappa shape index (κ3) is 4.34. The third-order valence-electron chi connectivity index (χ3n) is 5.65. The minimum Gasteiger partial charge on any atom is -0.404 e. The minimum absolute atomic E-state index is 0.0672. The smallest absolute Gasteiger partial charge is 0.255 e. The van der Waals surface area contributed by atoms with Crippen LogP contribution in [0.2, 0.25) is 0 Å². The highest BCUT2D eigenvalue weighted by Gasteiger charge is 2.34. The van der Waals surface area contributed by atoms with Crippen molar-refractivity contribution < 1.29 is 14.3 Å². The molecule has 8 heteroatoms. The number of hydrogen-bond donors (Lipinski definition) is 4. The number of amides is 1. The molecule has 31 heavy (non-hydrogen) atoms. The zero-order valence-corrected chi connectivity index (χ0v) is 16.9. The molecule has 4 rings (SSSR count). The number of anilines is 1. The summed E-state index contributed by atoms with van der Waals surface area (Å²) in [6.45, 7) is 0. The summed E-state index contributed by atoms with van der Waals surface area (Å²) in [6.07, 6.45) is 4.05. The molecular weight excluding hydrogens is 397 g/mol. The number of nitrogens with one attached hydrogen (secondary N) is 2. The van der Waals surface area contributed by atoms with E-state index in [4.69, 9.17) is 11.1 Å². The third-order valence-corrected chi connectivity index (χ3v) is 5.65. The molecule has 0 bridgehead atoms. The monoisotopic (exact) mass is 421 g/mol. The van der Waals surface area contributed by atoms with Gasteiger partial charge in [-0.1, -0.05) is 12.1 Å². The molecule has 0 atom stereocenters. The summed E-state index contributed by atoms with van der Waals surface area (Å²) >= 11 is 0. The number of nitrogens with two attached hydrogens (primary N) is 1. The fraction of sp³-hybridized carbons (Fsp3) is 0.261. The van der Waals surface area contributed by atoms with Crippen LogP contribution in [-0.2, 0) is 0 Å². The van der Waals surface area contributed by atoms with Crippen molar-refractivity contribution in [3.63, 3.8) is 0 Å². The van der Waals surface area contributed by atoms with Crippen LogP contribution < -0.4 is 11.1 Å².